The molecule has 1 N–H and O–H groups in total. The summed E-state index contributed by atoms with van der Waals surface area (Å²) in [6.07, 6.45) is 4.28. The Hall–Kier alpha value is -0.280. The summed E-state index contributed by atoms with van der Waals surface area (Å²) in [5.74, 6) is 0.170. The molecular weight excluding hydrogens is 281 g/mol. The van der Waals surface area contributed by atoms with Crippen molar-refractivity contribution in [2.45, 2.75) is 43.7 Å². The van der Waals surface area contributed by atoms with E-state index in [9.17, 15) is 5.11 Å². The summed E-state index contributed by atoms with van der Waals surface area (Å²) >= 11 is 12.1. The number of hydrogen-bond acceptors (Lipinski definition) is 2. The average molecular weight is 300 g/mol. The molecular formula is C15H19Cl2NO. The highest BCUT2D eigenvalue weighted by Crippen LogP contribution is 2.39. The third kappa shape index (κ3) is 2.64. The third-order valence-electron chi connectivity index (χ3n) is 4.53. The lowest BCUT2D eigenvalue weighted by Crippen LogP contribution is -2.51. The van der Waals surface area contributed by atoms with Crippen LogP contribution in [0.2, 0.25) is 10.0 Å². The quantitative estimate of drug-likeness (QED) is 0.855. The van der Waals surface area contributed by atoms with Gasteiger partial charge in [0.2, 0.25) is 0 Å². The molecule has 0 aromatic heterocycles. The van der Waals surface area contributed by atoms with Gasteiger partial charge in [-0.3, -0.25) is 4.90 Å². The second-order valence-electron chi connectivity index (χ2n) is 5.65. The van der Waals surface area contributed by atoms with Crippen molar-refractivity contribution in [3.8, 4) is 0 Å². The van der Waals surface area contributed by atoms with E-state index >= 15 is 0 Å². The molecule has 3 atom stereocenters. The third-order valence-corrected chi connectivity index (χ3v) is 5.27. The van der Waals surface area contributed by atoms with E-state index in [0.717, 1.165) is 25.1 Å². The number of aliphatic hydroxyl groups is 1. The van der Waals surface area contributed by atoms with E-state index in [1.165, 1.54) is 19.3 Å². The van der Waals surface area contributed by atoms with Crippen molar-refractivity contribution in [2.75, 3.05) is 13.1 Å². The SMILES string of the molecule is O[C@H]1CCN2CCCC[C@@H]2[C@H]1c1ccc(Cl)c(Cl)c1. The fourth-order valence-electron chi connectivity index (χ4n) is 3.60. The molecule has 3 rings (SSSR count). The normalized spacial score (nSPS) is 32.1. The maximum absolute atomic E-state index is 10.4. The molecule has 19 heavy (non-hydrogen) atoms. The van der Waals surface area contributed by atoms with Crippen molar-refractivity contribution < 1.29 is 5.11 Å². The number of nitrogens with zero attached hydrogens (tertiary/aromatic N) is 1. The molecule has 2 heterocycles. The molecule has 0 spiro atoms. The minimum atomic E-state index is -0.267. The largest absolute Gasteiger partial charge is 0.392 e. The first-order valence-corrected chi connectivity index (χ1v) is 7.79. The van der Waals surface area contributed by atoms with Gasteiger partial charge in [0.15, 0.2) is 0 Å². The number of aliphatic hydroxyl groups excluding tert-OH is 1. The molecule has 0 bridgehead atoms. The van der Waals surface area contributed by atoms with Gasteiger partial charge in [-0.1, -0.05) is 35.7 Å². The van der Waals surface area contributed by atoms with Gasteiger partial charge >= 0.3 is 0 Å². The fourth-order valence-corrected chi connectivity index (χ4v) is 3.91. The van der Waals surface area contributed by atoms with Crippen LogP contribution in [0.4, 0.5) is 0 Å². The van der Waals surface area contributed by atoms with E-state index in [-0.39, 0.29) is 12.0 Å². The van der Waals surface area contributed by atoms with Crippen LogP contribution < -0.4 is 0 Å². The Morgan fingerprint density at radius 1 is 1.05 bits per heavy atom. The lowest BCUT2D eigenvalue weighted by molar-refractivity contribution is 0.00108. The first-order chi connectivity index (χ1) is 9.16. The van der Waals surface area contributed by atoms with E-state index < -0.39 is 0 Å². The van der Waals surface area contributed by atoms with Crippen LogP contribution in [0, 0.1) is 0 Å². The molecule has 2 fully saturated rings. The zero-order chi connectivity index (χ0) is 13.4. The van der Waals surface area contributed by atoms with Gasteiger partial charge in [-0.25, -0.2) is 0 Å². The zero-order valence-corrected chi connectivity index (χ0v) is 12.4. The molecule has 0 radical (unpaired) electrons. The zero-order valence-electron chi connectivity index (χ0n) is 10.9. The van der Waals surface area contributed by atoms with Crippen LogP contribution >= 0.6 is 23.2 Å². The van der Waals surface area contributed by atoms with E-state index in [1.807, 2.05) is 18.2 Å². The van der Waals surface area contributed by atoms with Crippen LogP contribution in [-0.4, -0.2) is 35.2 Å². The number of halogens is 2. The van der Waals surface area contributed by atoms with Crippen LogP contribution in [0.1, 0.15) is 37.2 Å². The Morgan fingerprint density at radius 2 is 1.89 bits per heavy atom. The summed E-state index contributed by atoms with van der Waals surface area (Å²) in [4.78, 5) is 2.53. The monoisotopic (exact) mass is 299 g/mol. The number of rotatable bonds is 1. The number of hydrogen-bond donors (Lipinski definition) is 1. The maximum Gasteiger partial charge on any atom is 0.0636 e. The molecule has 104 valence electrons. The summed E-state index contributed by atoms with van der Waals surface area (Å²) < 4.78 is 0. The Morgan fingerprint density at radius 3 is 2.68 bits per heavy atom. The van der Waals surface area contributed by atoms with Crippen LogP contribution in [0.25, 0.3) is 0 Å². The number of piperidine rings is 2. The smallest absolute Gasteiger partial charge is 0.0636 e. The highest BCUT2D eigenvalue weighted by Gasteiger charge is 2.39. The highest BCUT2D eigenvalue weighted by molar-refractivity contribution is 6.42. The minimum absolute atomic E-state index is 0.170. The summed E-state index contributed by atoms with van der Waals surface area (Å²) in [5, 5.41) is 11.6. The van der Waals surface area contributed by atoms with Crippen molar-refractivity contribution in [3.63, 3.8) is 0 Å². The van der Waals surface area contributed by atoms with Crippen LogP contribution in [0.15, 0.2) is 18.2 Å². The summed E-state index contributed by atoms with van der Waals surface area (Å²) in [6.45, 7) is 2.18. The van der Waals surface area contributed by atoms with Crippen molar-refractivity contribution in [1.29, 1.82) is 0 Å². The molecule has 2 aliphatic heterocycles. The predicted molar refractivity (Wildman–Crippen MR) is 79.0 cm³/mol. The van der Waals surface area contributed by atoms with Gasteiger partial charge in [0.1, 0.15) is 0 Å². The Labute approximate surface area is 124 Å². The van der Waals surface area contributed by atoms with E-state index in [4.69, 9.17) is 23.2 Å². The molecule has 0 amide bonds. The molecule has 2 aliphatic rings. The Kier molecular flexibility index (Phi) is 4.04. The fraction of sp³-hybridized carbons (Fsp3) is 0.600. The molecule has 1 aromatic rings. The van der Waals surface area contributed by atoms with Gasteiger partial charge in [0.05, 0.1) is 16.1 Å². The van der Waals surface area contributed by atoms with Gasteiger partial charge < -0.3 is 5.11 Å². The molecule has 2 nitrogen and oxygen atoms in total. The van der Waals surface area contributed by atoms with Crippen molar-refractivity contribution in [1.82, 2.24) is 4.90 Å². The van der Waals surface area contributed by atoms with Crippen molar-refractivity contribution in [3.05, 3.63) is 33.8 Å². The van der Waals surface area contributed by atoms with Crippen LogP contribution in [0.5, 0.6) is 0 Å². The van der Waals surface area contributed by atoms with Crippen LogP contribution in [0.3, 0.4) is 0 Å². The minimum Gasteiger partial charge on any atom is -0.392 e. The van der Waals surface area contributed by atoms with Gasteiger partial charge in [0, 0.05) is 18.5 Å². The number of fused-ring (bicyclic) bond motifs is 1. The Balaban J connectivity index is 1.92. The van der Waals surface area contributed by atoms with Crippen molar-refractivity contribution in [2.24, 2.45) is 0 Å². The first kappa shape index (κ1) is 13.7. The standard InChI is InChI=1S/C15H19Cl2NO/c16-11-5-4-10(9-12(11)17)15-13-3-1-2-7-18(13)8-6-14(15)19/h4-5,9,13-15,19H,1-3,6-8H2/t13-,14+,15-/m1/s1. The molecule has 0 unspecified atom stereocenters. The topological polar surface area (TPSA) is 23.5 Å². The van der Waals surface area contributed by atoms with Gasteiger partial charge in [0.25, 0.3) is 0 Å². The van der Waals surface area contributed by atoms with E-state index in [1.54, 1.807) is 0 Å². The average Bonchev–Trinajstić information content (AvgIpc) is 2.42. The lowest BCUT2D eigenvalue weighted by Gasteiger charge is -2.46. The van der Waals surface area contributed by atoms with E-state index in [0.29, 0.717) is 16.1 Å². The lowest BCUT2D eigenvalue weighted by atomic mass is 9.77. The second kappa shape index (κ2) is 5.61. The van der Waals surface area contributed by atoms with Gasteiger partial charge in [-0.15, -0.1) is 0 Å². The maximum atomic E-state index is 10.4. The highest BCUT2D eigenvalue weighted by atomic mass is 35.5. The van der Waals surface area contributed by atoms with Crippen LogP contribution in [-0.2, 0) is 0 Å². The molecule has 1 aromatic carbocycles. The molecule has 4 heteroatoms. The summed E-state index contributed by atoms with van der Waals surface area (Å²) in [6, 6.07) is 6.24. The van der Waals surface area contributed by atoms with Crippen molar-refractivity contribution >= 4 is 23.2 Å². The molecule has 0 aliphatic carbocycles. The number of benzene rings is 1. The molecule has 0 saturated carbocycles. The summed E-state index contributed by atoms with van der Waals surface area (Å²) in [5.41, 5.74) is 1.12. The predicted octanol–water partition coefficient (Wildman–Crippen LogP) is 3.70. The van der Waals surface area contributed by atoms with Gasteiger partial charge in [-0.2, -0.15) is 0 Å². The second-order valence-corrected chi connectivity index (χ2v) is 6.47. The summed E-state index contributed by atoms with van der Waals surface area (Å²) in [7, 11) is 0. The van der Waals surface area contributed by atoms with E-state index in [2.05, 4.69) is 4.90 Å². The molecule has 2 saturated heterocycles. The van der Waals surface area contributed by atoms with Gasteiger partial charge in [-0.05, 0) is 43.5 Å². The Bertz CT molecular complexity index is 465. The first-order valence-electron chi connectivity index (χ1n) is 7.04.